The summed E-state index contributed by atoms with van der Waals surface area (Å²) in [5.41, 5.74) is 3.64. The van der Waals surface area contributed by atoms with Crippen LogP contribution in [-0.2, 0) is 6.54 Å². The van der Waals surface area contributed by atoms with Crippen molar-refractivity contribution in [3.8, 4) is 0 Å². The van der Waals surface area contributed by atoms with E-state index in [1.165, 1.54) is 11.1 Å². The van der Waals surface area contributed by atoms with Gasteiger partial charge in [-0.25, -0.2) is 0 Å². The van der Waals surface area contributed by atoms with E-state index in [4.69, 9.17) is 0 Å². The Morgan fingerprint density at radius 1 is 1.38 bits per heavy atom. The molecule has 0 heterocycles. The van der Waals surface area contributed by atoms with Crippen LogP contribution in [0, 0.1) is 13.8 Å². The summed E-state index contributed by atoms with van der Waals surface area (Å²) in [5.74, 6) is 0. The summed E-state index contributed by atoms with van der Waals surface area (Å²) in [6, 6.07) is 6.16. The van der Waals surface area contributed by atoms with Gasteiger partial charge in [0.25, 0.3) is 4.82 Å². The lowest BCUT2D eigenvalue weighted by Gasteiger charge is -2.04. The van der Waals surface area contributed by atoms with Crippen molar-refractivity contribution in [2.75, 3.05) is 0 Å². The van der Waals surface area contributed by atoms with Gasteiger partial charge in [0.2, 0.25) is 0 Å². The zero-order valence-corrected chi connectivity index (χ0v) is 9.31. The maximum absolute atomic E-state index is 10.6. The lowest BCUT2D eigenvalue weighted by Crippen LogP contribution is -2.15. The van der Waals surface area contributed by atoms with Crippen molar-refractivity contribution in [3.05, 3.63) is 34.9 Å². The Labute approximate surface area is 86.5 Å². The van der Waals surface area contributed by atoms with E-state index in [9.17, 15) is 4.79 Å². The molecule has 0 aromatic heterocycles. The van der Waals surface area contributed by atoms with E-state index in [1.807, 2.05) is 6.07 Å². The summed E-state index contributed by atoms with van der Waals surface area (Å²) in [4.78, 5) is 10.4. The van der Waals surface area contributed by atoms with Crippen LogP contribution in [0.3, 0.4) is 0 Å². The van der Waals surface area contributed by atoms with Crippen LogP contribution in [0.15, 0.2) is 18.2 Å². The van der Waals surface area contributed by atoms with E-state index in [-0.39, 0.29) is 4.82 Å². The van der Waals surface area contributed by atoms with Gasteiger partial charge in [0.05, 0.1) is 0 Å². The first-order chi connectivity index (χ1) is 6.09. The Bertz CT molecular complexity index is 323. The zero-order chi connectivity index (χ0) is 9.84. The van der Waals surface area contributed by atoms with E-state index in [0.717, 1.165) is 5.56 Å². The third-order valence-electron chi connectivity index (χ3n) is 2.00. The minimum atomic E-state index is -0.175. The van der Waals surface area contributed by atoms with Gasteiger partial charge in [-0.1, -0.05) is 18.2 Å². The van der Waals surface area contributed by atoms with E-state index < -0.39 is 0 Å². The van der Waals surface area contributed by atoms with Crippen LogP contribution >= 0.6 is 15.9 Å². The molecule has 1 aromatic carbocycles. The van der Waals surface area contributed by atoms with Crippen LogP contribution in [0.25, 0.3) is 0 Å². The van der Waals surface area contributed by atoms with Gasteiger partial charge in [-0.15, -0.1) is 0 Å². The number of benzene rings is 1. The second kappa shape index (κ2) is 4.42. The first-order valence-electron chi connectivity index (χ1n) is 4.09. The van der Waals surface area contributed by atoms with E-state index in [2.05, 4.69) is 47.2 Å². The highest BCUT2D eigenvalue weighted by Gasteiger charge is 1.97. The van der Waals surface area contributed by atoms with Crippen molar-refractivity contribution in [1.82, 2.24) is 5.32 Å². The lowest BCUT2D eigenvalue weighted by atomic mass is 10.1. The molecule has 0 saturated heterocycles. The second-order valence-corrected chi connectivity index (χ2v) is 3.77. The number of nitrogens with one attached hydrogen (secondary N) is 1. The molecule has 1 aromatic rings. The highest BCUT2D eigenvalue weighted by Crippen LogP contribution is 2.09. The monoisotopic (exact) mass is 241 g/mol. The number of carbonyl (C=O) groups is 1. The quantitative estimate of drug-likeness (QED) is 0.627. The SMILES string of the molecule is Cc1ccc(CNC(=O)Br)cc1C. The van der Waals surface area contributed by atoms with Gasteiger partial charge in [0, 0.05) is 22.5 Å². The summed E-state index contributed by atoms with van der Waals surface area (Å²) in [5, 5.41) is 2.69. The van der Waals surface area contributed by atoms with E-state index >= 15 is 0 Å². The number of hydrogen-bond acceptors (Lipinski definition) is 1. The Kier molecular flexibility index (Phi) is 3.48. The van der Waals surface area contributed by atoms with Gasteiger partial charge in [-0.3, -0.25) is 4.79 Å². The molecule has 0 aliphatic heterocycles. The Morgan fingerprint density at radius 2 is 2.08 bits per heavy atom. The first kappa shape index (κ1) is 10.3. The van der Waals surface area contributed by atoms with Gasteiger partial charge in [-0.05, 0) is 30.5 Å². The van der Waals surface area contributed by atoms with Gasteiger partial charge < -0.3 is 5.32 Å². The Morgan fingerprint density at radius 3 is 2.62 bits per heavy atom. The second-order valence-electron chi connectivity index (χ2n) is 3.05. The van der Waals surface area contributed by atoms with Crippen molar-refractivity contribution >= 4 is 20.7 Å². The largest absolute Gasteiger partial charge is 0.343 e. The number of carbonyl (C=O) groups excluding carboxylic acids is 1. The normalized spacial score (nSPS) is 9.77. The molecule has 1 amide bonds. The standard InChI is InChI=1S/C10H12BrNO/c1-7-3-4-9(5-8(7)2)6-12-10(11)13/h3-5H,6H2,1-2H3,(H,12,13). The van der Waals surface area contributed by atoms with Gasteiger partial charge >= 0.3 is 0 Å². The minimum Gasteiger partial charge on any atom is -0.343 e. The predicted octanol–water partition coefficient (Wildman–Crippen LogP) is 2.91. The third kappa shape index (κ3) is 3.19. The van der Waals surface area contributed by atoms with Crippen LogP contribution in [-0.4, -0.2) is 4.82 Å². The average molecular weight is 242 g/mol. The summed E-state index contributed by atoms with van der Waals surface area (Å²) in [7, 11) is 0. The van der Waals surface area contributed by atoms with Crippen LogP contribution in [0.4, 0.5) is 4.79 Å². The zero-order valence-electron chi connectivity index (χ0n) is 7.73. The van der Waals surface area contributed by atoms with Gasteiger partial charge in [-0.2, -0.15) is 0 Å². The van der Waals surface area contributed by atoms with Gasteiger partial charge in [0.15, 0.2) is 0 Å². The highest BCUT2D eigenvalue weighted by atomic mass is 79.9. The topological polar surface area (TPSA) is 29.1 Å². The molecule has 0 aliphatic rings. The number of amides is 1. The van der Waals surface area contributed by atoms with Crippen molar-refractivity contribution < 1.29 is 4.79 Å². The number of rotatable bonds is 2. The molecular formula is C10H12BrNO. The Hall–Kier alpha value is -0.830. The molecule has 0 radical (unpaired) electrons. The number of aryl methyl sites for hydroxylation is 2. The van der Waals surface area contributed by atoms with Crippen molar-refractivity contribution in [2.24, 2.45) is 0 Å². The molecule has 0 saturated carbocycles. The average Bonchev–Trinajstić information content (AvgIpc) is 2.07. The first-order valence-corrected chi connectivity index (χ1v) is 4.88. The molecule has 0 aliphatic carbocycles. The fraction of sp³-hybridized carbons (Fsp3) is 0.300. The highest BCUT2D eigenvalue weighted by molar-refractivity contribution is 9.18. The molecule has 13 heavy (non-hydrogen) atoms. The fourth-order valence-corrected chi connectivity index (χ4v) is 1.23. The fourth-order valence-electron chi connectivity index (χ4n) is 1.09. The summed E-state index contributed by atoms with van der Waals surface area (Å²) in [6.07, 6.45) is 0. The molecular weight excluding hydrogens is 230 g/mol. The van der Waals surface area contributed by atoms with Crippen molar-refractivity contribution in [1.29, 1.82) is 0 Å². The molecule has 1 N–H and O–H groups in total. The van der Waals surface area contributed by atoms with Crippen molar-refractivity contribution in [3.63, 3.8) is 0 Å². The minimum absolute atomic E-state index is 0.175. The molecule has 0 atom stereocenters. The van der Waals surface area contributed by atoms with E-state index in [0.29, 0.717) is 6.54 Å². The molecule has 0 spiro atoms. The molecule has 1 rings (SSSR count). The smallest absolute Gasteiger partial charge is 0.287 e. The predicted molar refractivity (Wildman–Crippen MR) is 57.1 cm³/mol. The number of hydrogen-bond donors (Lipinski definition) is 1. The summed E-state index contributed by atoms with van der Waals surface area (Å²) >= 11 is 2.81. The number of halogens is 1. The molecule has 2 nitrogen and oxygen atoms in total. The van der Waals surface area contributed by atoms with Crippen LogP contribution in [0.5, 0.6) is 0 Å². The maximum atomic E-state index is 10.6. The Balaban J connectivity index is 2.68. The van der Waals surface area contributed by atoms with Crippen LogP contribution in [0.1, 0.15) is 16.7 Å². The lowest BCUT2D eigenvalue weighted by molar-refractivity contribution is 0.261. The molecule has 0 fully saturated rings. The van der Waals surface area contributed by atoms with E-state index in [1.54, 1.807) is 0 Å². The summed E-state index contributed by atoms with van der Waals surface area (Å²) < 4.78 is 0. The maximum Gasteiger partial charge on any atom is 0.287 e. The third-order valence-corrected chi connectivity index (χ3v) is 2.28. The van der Waals surface area contributed by atoms with Crippen molar-refractivity contribution in [2.45, 2.75) is 20.4 Å². The van der Waals surface area contributed by atoms with Crippen LogP contribution in [0.2, 0.25) is 0 Å². The molecule has 0 bridgehead atoms. The molecule has 0 unspecified atom stereocenters. The van der Waals surface area contributed by atoms with Crippen LogP contribution < -0.4 is 5.32 Å². The summed E-state index contributed by atoms with van der Waals surface area (Å²) in [6.45, 7) is 4.71. The molecule has 70 valence electrons. The molecule has 3 heteroatoms. The van der Waals surface area contributed by atoms with Gasteiger partial charge in [0.1, 0.15) is 0 Å².